The monoisotopic (exact) mass is 587 g/mol. The summed E-state index contributed by atoms with van der Waals surface area (Å²) in [5.74, 6) is -0.341. The molecule has 0 unspecified atom stereocenters. The van der Waals surface area contributed by atoms with E-state index in [0.717, 1.165) is 38.5 Å². The van der Waals surface area contributed by atoms with Crippen LogP contribution in [0.4, 0.5) is 0 Å². The van der Waals surface area contributed by atoms with E-state index in [1.54, 1.807) is 0 Å². The lowest BCUT2D eigenvalue weighted by Crippen LogP contribution is -2.09. The molecule has 0 aliphatic heterocycles. The molecule has 0 radical (unpaired) electrons. The lowest BCUT2D eigenvalue weighted by atomic mass is 10.1. The van der Waals surface area contributed by atoms with Crippen LogP contribution in [0, 0.1) is 0 Å². The van der Waals surface area contributed by atoms with Crippen LogP contribution in [0.3, 0.4) is 0 Å². The van der Waals surface area contributed by atoms with Gasteiger partial charge in [-0.2, -0.15) is 0 Å². The fraction of sp³-hybridized carbons (Fsp3) is 0.684. The summed E-state index contributed by atoms with van der Waals surface area (Å²) in [6.45, 7) is 10.5. The second-order valence-corrected chi connectivity index (χ2v) is 10.9. The van der Waals surface area contributed by atoms with Gasteiger partial charge < -0.3 is 11.5 Å². The second kappa shape index (κ2) is 43.1. The fourth-order valence-corrected chi connectivity index (χ4v) is 4.22. The van der Waals surface area contributed by atoms with Crippen LogP contribution in [0.2, 0.25) is 0 Å². The molecule has 0 spiro atoms. The molecular formula is C38H70N2O2. The number of primary amides is 2. The fourth-order valence-electron chi connectivity index (χ4n) is 4.22. The van der Waals surface area contributed by atoms with E-state index in [9.17, 15) is 9.59 Å². The summed E-state index contributed by atoms with van der Waals surface area (Å²) in [6.07, 6.45) is 45.9. The third kappa shape index (κ3) is 50.5. The molecule has 0 aromatic heterocycles. The van der Waals surface area contributed by atoms with Gasteiger partial charge in [-0.1, -0.05) is 127 Å². The molecule has 0 atom stereocenters. The minimum atomic E-state index is -0.171. The van der Waals surface area contributed by atoms with Crippen LogP contribution in [0.5, 0.6) is 0 Å². The number of amides is 2. The number of allylic oxidation sites excluding steroid dienone is 8. The summed E-state index contributed by atoms with van der Waals surface area (Å²) in [4.78, 5) is 21.1. The third-order valence-corrected chi connectivity index (χ3v) is 6.75. The van der Waals surface area contributed by atoms with Gasteiger partial charge in [0.15, 0.2) is 0 Å². The molecule has 4 nitrogen and oxygen atoms in total. The molecule has 42 heavy (non-hydrogen) atoms. The van der Waals surface area contributed by atoms with Gasteiger partial charge in [0.1, 0.15) is 0 Å². The van der Waals surface area contributed by atoms with E-state index in [4.69, 9.17) is 11.5 Å². The van der Waals surface area contributed by atoms with Gasteiger partial charge in [0.2, 0.25) is 11.8 Å². The third-order valence-electron chi connectivity index (χ3n) is 6.75. The molecule has 0 aromatic carbocycles. The Labute approximate surface area is 262 Å². The predicted octanol–water partition coefficient (Wildman–Crippen LogP) is 11.4. The maximum Gasteiger partial charge on any atom is 0.217 e. The zero-order chi connectivity index (χ0) is 31.8. The summed E-state index contributed by atoms with van der Waals surface area (Å²) in [7, 11) is 0. The summed E-state index contributed by atoms with van der Waals surface area (Å²) < 4.78 is 0. The first-order chi connectivity index (χ1) is 20.5. The van der Waals surface area contributed by atoms with E-state index in [1.165, 1.54) is 103 Å². The van der Waals surface area contributed by atoms with Gasteiger partial charge in [-0.3, -0.25) is 9.59 Å². The van der Waals surface area contributed by atoms with Crippen molar-refractivity contribution >= 4 is 11.8 Å². The number of nitrogens with two attached hydrogens (primary N) is 2. The molecule has 0 saturated carbocycles. The summed E-state index contributed by atoms with van der Waals surface area (Å²) in [5.41, 5.74) is 10.2. The van der Waals surface area contributed by atoms with E-state index < -0.39 is 0 Å². The topological polar surface area (TPSA) is 86.2 Å². The highest BCUT2D eigenvalue weighted by atomic mass is 16.1. The van der Waals surface area contributed by atoms with Gasteiger partial charge in [-0.15, -0.1) is 13.2 Å². The number of rotatable bonds is 28. The minimum Gasteiger partial charge on any atom is -0.370 e. The number of unbranched alkanes of at least 4 members (excludes halogenated alkanes) is 16. The van der Waals surface area contributed by atoms with Crippen LogP contribution in [-0.2, 0) is 9.59 Å². The van der Waals surface area contributed by atoms with Gasteiger partial charge in [-0.05, 0) is 77.0 Å². The molecule has 0 rings (SSSR count). The lowest BCUT2D eigenvalue weighted by molar-refractivity contribution is -0.119. The van der Waals surface area contributed by atoms with Crippen LogP contribution in [0.15, 0.2) is 61.8 Å². The van der Waals surface area contributed by atoms with Crippen molar-refractivity contribution in [3.63, 3.8) is 0 Å². The Hall–Kier alpha value is -2.36. The summed E-state index contributed by atoms with van der Waals surface area (Å²) in [5, 5.41) is 0. The molecule has 2 amide bonds. The van der Waals surface area contributed by atoms with Gasteiger partial charge >= 0.3 is 0 Å². The molecule has 0 aliphatic carbocycles. The van der Waals surface area contributed by atoms with E-state index in [0.29, 0.717) is 12.8 Å². The molecule has 0 aliphatic rings. The zero-order valence-corrected chi connectivity index (χ0v) is 28.0. The standard InChI is InChI=1S/2C18H33NO.C2H4/c2*1-2-3-4-5-6-7-8-9-10-11-12-13-14-15-16-17-18(19)20;1-2/h2*6-7,9-10H,2-5,8,11-17H2,1H3,(H2,19,20);1-2H2/b2*7-6-,10-9-;. The highest BCUT2D eigenvalue weighted by Gasteiger charge is 1.95. The first kappa shape index (κ1) is 44.1. The smallest absolute Gasteiger partial charge is 0.217 e. The molecule has 0 aromatic rings. The minimum absolute atomic E-state index is 0.171. The highest BCUT2D eigenvalue weighted by molar-refractivity contribution is 5.73. The van der Waals surface area contributed by atoms with Crippen LogP contribution in [-0.4, -0.2) is 11.8 Å². The Morgan fingerprint density at radius 3 is 0.976 bits per heavy atom. The Bertz CT molecular complexity index is 608. The number of carbonyl (C=O) groups excluding carboxylic acids is 2. The quantitative estimate of drug-likeness (QED) is 0.0705. The number of hydrogen-bond donors (Lipinski definition) is 2. The van der Waals surface area contributed by atoms with Crippen LogP contribution in [0.1, 0.15) is 168 Å². The van der Waals surface area contributed by atoms with Crippen molar-refractivity contribution in [2.45, 2.75) is 168 Å². The SMILES string of the molecule is C=C.CCCCC/C=C\C/C=C\CCCCCCCC(N)=O.CCCCC/C=C\C/C=C\CCCCCCCC(N)=O. The summed E-state index contributed by atoms with van der Waals surface area (Å²) >= 11 is 0. The molecule has 4 N–H and O–H groups in total. The Morgan fingerprint density at radius 1 is 0.429 bits per heavy atom. The summed E-state index contributed by atoms with van der Waals surface area (Å²) in [6, 6.07) is 0. The largest absolute Gasteiger partial charge is 0.370 e. The maximum absolute atomic E-state index is 10.5. The molecule has 0 heterocycles. The van der Waals surface area contributed by atoms with Crippen molar-refractivity contribution in [3.05, 3.63) is 61.8 Å². The van der Waals surface area contributed by atoms with Crippen LogP contribution < -0.4 is 11.5 Å². The van der Waals surface area contributed by atoms with Crippen LogP contribution in [0.25, 0.3) is 0 Å². The van der Waals surface area contributed by atoms with Crippen LogP contribution >= 0.6 is 0 Å². The van der Waals surface area contributed by atoms with Crippen molar-refractivity contribution in [1.29, 1.82) is 0 Å². The number of carbonyl (C=O) groups is 2. The predicted molar refractivity (Wildman–Crippen MR) is 188 cm³/mol. The second-order valence-electron chi connectivity index (χ2n) is 10.9. The van der Waals surface area contributed by atoms with Crippen molar-refractivity contribution in [2.24, 2.45) is 11.5 Å². The van der Waals surface area contributed by atoms with E-state index in [2.05, 4.69) is 75.6 Å². The first-order valence-electron chi connectivity index (χ1n) is 17.2. The molecular weight excluding hydrogens is 516 g/mol. The van der Waals surface area contributed by atoms with Crippen molar-refractivity contribution in [3.8, 4) is 0 Å². The average molecular weight is 587 g/mol. The lowest BCUT2D eigenvalue weighted by Gasteiger charge is -1.98. The van der Waals surface area contributed by atoms with Gasteiger partial charge in [0.25, 0.3) is 0 Å². The zero-order valence-electron chi connectivity index (χ0n) is 28.0. The maximum atomic E-state index is 10.5. The van der Waals surface area contributed by atoms with Gasteiger partial charge in [-0.25, -0.2) is 0 Å². The molecule has 244 valence electrons. The Morgan fingerprint density at radius 2 is 0.690 bits per heavy atom. The van der Waals surface area contributed by atoms with Crippen molar-refractivity contribution < 1.29 is 9.59 Å². The van der Waals surface area contributed by atoms with E-state index >= 15 is 0 Å². The average Bonchev–Trinajstić information content (AvgIpc) is 2.98. The highest BCUT2D eigenvalue weighted by Crippen LogP contribution is 2.09. The number of hydrogen-bond acceptors (Lipinski definition) is 2. The molecule has 0 saturated heterocycles. The molecule has 4 heteroatoms. The van der Waals surface area contributed by atoms with Gasteiger partial charge in [0, 0.05) is 12.8 Å². The normalized spacial score (nSPS) is 11.2. The van der Waals surface area contributed by atoms with Gasteiger partial charge in [0.05, 0.1) is 0 Å². The first-order valence-corrected chi connectivity index (χ1v) is 17.2. The van der Waals surface area contributed by atoms with E-state index in [-0.39, 0.29) is 11.8 Å². The van der Waals surface area contributed by atoms with Crippen molar-refractivity contribution in [2.75, 3.05) is 0 Å². The van der Waals surface area contributed by atoms with E-state index in [1.807, 2.05) is 0 Å². The molecule has 0 fully saturated rings. The molecule has 0 bridgehead atoms. The Kier molecular flexibility index (Phi) is 45.2. The van der Waals surface area contributed by atoms with Crippen molar-refractivity contribution in [1.82, 2.24) is 0 Å². The Balaban J connectivity index is -0.000000683.